The van der Waals surface area contributed by atoms with Crippen LogP contribution in [0.3, 0.4) is 0 Å². The number of rotatable bonds is 7. The zero-order chi connectivity index (χ0) is 20.5. The highest BCUT2D eigenvalue weighted by atomic mass is 16.5. The Morgan fingerprint density at radius 3 is 2.50 bits per heavy atom. The summed E-state index contributed by atoms with van der Waals surface area (Å²) in [4.78, 5) is 48.7. The molecule has 1 N–H and O–H groups in total. The molecule has 0 bridgehead atoms. The maximum atomic E-state index is 12.4. The Morgan fingerprint density at radius 2 is 1.86 bits per heavy atom. The van der Waals surface area contributed by atoms with Gasteiger partial charge in [-0.25, -0.2) is 0 Å². The van der Waals surface area contributed by atoms with Gasteiger partial charge in [0.05, 0.1) is 13.0 Å². The average molecular weight is 390 g/mol. The molecule has 0 saturated carbocycles. The Morgan fingerprint density at radius 1 is 1.14 bits per heavy atom. The number of likely N-dealkylation sites (tertiary alicyclic amines) is 1. The van der Waals surface area contributed by atoms with Crippen molar-refractivity contribution in [2.45, 2.75) is 45.6 Å². The molecule has 8 heteroatoms. The Hall–Kier alpha value is -2.90. The summed E-state index contributed by atoms with van der Waals surface area (Å²) in [5, 5.41) is 2.95. The first kappa shape index (κ1) is 21.4. The van der Waals surface area contributed by atoms with Crippen LogP contribution in [-0.4, -0.2) is 54.4 Å². The molecule has 152 valence electrons. The summed E-state index contributed by atoms with van der Waals surface area (Å²) < 4.78 is 9.82. The lowest BCUT2D eigenvalue weighted by Gasteiger charge is -2.32. The van der Waals surface area contributed by atoms with Crippen LogP contribution in [0.5, 0.6) is 5.75 Å². The van der Waals surface area contributed by atoms with Crippen LogP contribution in [-0.2, 0) is 19.1 Å². The Balaban J connectivity index is 1.79. The fourth-order valence-corrected chi connectivity index (χ4v) is 3.01. The lowest BCUT2D eigenvalue weighted by atomic mass is 10.0. The highest BCUT2D eigenvalue weighted by molar-refractivity contribution is 5.95. The molecule has 1 fully saturated rings. The van der Waals surface area contributed by atoms with Gasteiger partial charge in [0.15, 0.2) is 0 Å². The zero-order valence-corrected chi connectivity index (χ0v) is 16.2. The van der Waals surface area contributed by atoms with Crippen molar-refractivity contribution in [1.29, 1.82) is 0 Å². The van der Waals surface area contributed by atoms with Crippen LogP contribution in [0.15, 0.2) is 24.3 Å². The smallest absolute Gasteiger partial charge is 0.308 e. The van der Waals surface area contributed by atoms with Gasteiger partial charge in [0.1, 0.15) is 5.75 Å². The van der Waals surface area contributed by atoms with Gasteiger partial charge in [-0.15, -0.1) is 0 Å². The van der Waals surface area contributed by atoms with Gasteiger partial charge in [-0.05, 0) is 38.0 Å². The highest BCUT2D eigenvalue weighted by Crippen LogP contribution is 2.16. The summed E-state index contributed by atoms with van der Waals surface area (Å²) in [6.07, 6.45) is 1.50. The molecule has 0 aliphatic carbocycles. The van der Waals surface area contributed by atoms with Crippen molar-refractivity contribution in [3.63, 3.8) is 0 Å². The molecular formula is C20H26N2O6. The summed E-state index contributed by atoms with van der Waals surface area (Å²) in [5.41, 5.74) is 0.409. The van der Waals surface area contributed by atoms with Gasteiger partial charge in [-0.3, -0.25) is 19.2 Å². The molecule has 8 nitrogen and oxygen atoms in total. The van der Waals surface area contributed by atoms with Crippen molar-refractivity contribution in [3.05, 3.63) is 29.8 Å². The summed E-state index contributed by atoms with van der Waals surface area (Å²) in [6.45, 7) is 4.39. The van der Waals surface area contributed by atoms with Crippen LogP contribution < -0.4 is 10.1 Å². The number of carbonyl (C=O) groups excluding carboxylic acids is 4. The van der Waals surface area contributed by atoms with Gasteiger partial charge in [0.25, 0.3) is 5.91 Å². The summed E-state index contributed by atoms with van der Waals surface area (Å²) in [6, 6.07) is 6.39. The van der Waals surface area contributed by atoms with Crippen molar-refractivity contribution in [1.82, 2.24) is 10.2 Å². The standard InChI is InChI=1S/C20H26N2O6/c1-3-27-19(25)8-7-18(24)22-11-9-16(10-12-22)21-20(26)15-5-4-6-17(13-15)28-14(2)23/h4-6,13,16H,3,7-12H2,1-2H3,(H,21,26). The second-order valence-corrected chi connectivity index (χ2v) is 6.56. The lowest BCUT2D eigenvalue weighted by molar-refractivity contribution is -0.146. The fourth-order valence-electron chi connectivity index (χ4n) is 3.01. The number of ether oxygens (including phenoxy) is 2. The minimum Gasteiger partial charge on any atom is -0.466 e. The van der Waals surface area contributed by atoms with Gasteiger partial charge in [-0.2, -0.15) is 0 Å². The first-order chi connectivity index (χ1) is 13.4. The lowest BCUT2D eigenvalue weighted by Crippen LogP contribution is -2.46. The van der Waals surface area contributed by atoms with Gasteiger partial charge in [-0.1, -0.05) is 6.07 Å². The van der Waals surface area contributed by atoms with Crippen LogP contribution in [0.1, 0.15) is 49.9 Å². The number of nitrogens with one attached hydrogen (secondary N) is 1. The molecule has 28 heavy (non-hydrogen) atoms. The molecule has 1 aliphatic rings. The number of carbonyl (C=O) groups is 4. The Bertz CT molecular complexity index is 725. The number of hydrogen-bond acceptors (Lipinski definition) is 6. The average Bonchev–Trinajstić information content (AvgIpc) is 2.66. The molecule has 0 unspecified atom stereocenters. The quantitative estimate of drug-likeness (QED) is 0.561. The van der Waals surface area contributed by atoms with Crippen LogP contribution in [0.4, 0.5) is 0 Å². The number of esters is 2. The molecule has 0 aromatic heterocycles. The second-order valence-electron chi connectivity index (χ2n) is 6.56. The topological polar surface area (TPSA) is 102 Å². The van der Waals surface area contributed by atoms with E-state index in [1.807, 2.05) is 0 Å². The van der Waals surface area contributed by atoms with E-state index in [0.29, 0.717) is 43.9 Å². The zero-order valence-electron chi connectivity index (χ0n) is 16.2. The van der Waals surface area contributed by atoms with Crippen molar-refractivity contribution in [3.8, 4) is 5.75 Å². The molecule has 0 spiro atoms. The van der Waals surface area contributed by atoms with E-state index in [9.17, 15) is 19.2 Å². The normalized spacial score (nSPS) is 14.3. The third-order valence-corrected chi connectivity index (χ3v) is 4.39. The maximum absolute atomic E-state index is 12.4. The Labute approximate surface area is 164 Å². The van der Waals surface area contributed by atoms with Crippen molar-refractivity contribution >= 4 is 23.8 Å². The summed E-state index contributed by atoms with van der Waals surface area (Å²) in [7, 11) is 0. The van der Waals surface area contributed by atoms with Crippen molar-refractivity contribution in [2.24, 2.45) is 0 Å². The number of amides is 2. The SMILES string of the molecule is CCOC(=O)CCC(=O)N1CCC(NC(=O)c2cccc(OC(C)=O)c2)CC1. The molecule has 2 rings (SSSR count). The predicted octanol–water partition coefficient (Wildman–Crippen LogP) is 1.68. The van der Waals surface area contributed by atoms with E-state index in [0.717, 1.165) is 0 Å². The molecular weight excluding hydrogens is 364 g/mol. The molecule has 0 atom stereocenters. The molecule has 1 aromatic rings. The molecule has 2 amide bonds. The predicted molar refractivity (Wildman–Crippen MR) is 101 cm³/mol. The summed E-state index contributed by atoms with van der Waals surface area (Å²) in [5.74, 6) is -0.818. The van der Waals surface area contributed by atoms with Crippen LogP contribution in [0.2, 0.25) is 0 Å². The molecule has 1 aliphatic heterocycles. The highest BCUT2D eigenvalue weighted by Gasteiger charge is 2.24. The number of piperidine rings is 1. The van der Waals surface area contributed by atoms with Gasteiger partial charge < -0.3 is 19.7 Å². The maximum Gasteiger partial charge on any atom is 0.308 e. The van der Waals surface area contributed by atoms with Gasteiger partial charge in [0, 0.05) is 38.0 Å². The van der Waals surface area contributed by atoms with E-state index in [1.54, 1.807) is 30.0 Å². The van der Waals surface area contributed by atoms with Gasteiger partial charge >= 0.3 is 11.9 Å². The molecule has 1 aromatic carbocycles. The largest absolute Gasteiger partial charge is 0.466 e. The van der Waals surface area contributed by atoms with E-state index in [2.05, 4.69) is 5.32 Å². The minimum absolute atomic E-state index is 0.0426. The van der Waals surface area contributed by atoms with Gasteiger partial charge in [0.2, 0.25) is 5.91 Å². The first-order valence-electron chi connectivity index (χ1n) is 9.41. The third kappa shape index (κ3) is 6.68. The number of hydrogen-bond donors (Lipinski definition) is 1. The van der Waals surface area contributed by atoms with Crippen LogP contribution in [0.25, 0.3) is 0 Å². The Kier molecular flexibility index (Phi) is 7.98. The monoisotopic (exact) mass is 390 g/mol. The second kappa shape index (κ2) is 10.4. The molecule has 1 saturated heterocycles. The number of nitrogens with zero attached hydrogens (tertiary/aromatic N) is 1. The fraction of sp³-hybridized carbons (Fsp3) is 0.500. The van der Waals surface area contributed by atoms with E-state index in [-0.39, 0.29) is 36.7 Å². The van der Waals surface area contributed by atoms with Crippen molar-refractivity contribution in [2.75, 3.05) is 19.7 Å². The van der Waals surface area contributed by atoms with E-state index < -0.39 is 5.97 Å². The van der Waals surface area contributed by atoms with Crippen LogP contribution >= 0.6 is 0 Å². The summed E-state index contributed by atoms with van der Waals surface area (Å²) >= 11 is 0. The molecule has 0 radical (unpaired) electrons. The van der Waals surface area contributed by atoms with E-state index >= 15 is 0 Å². The third-order valence-electron chi connectivity index (χ3n) is 4.39. The van der Waals surface area contributed by atoms with Crippen molar-refractivity contribution < 1.29 is 28.7 Å². The van der Waals surface area contributed by atoms with Crippen LogP contribution in [0, 0.1) is 0 Å². The molecule has 1 heterocycles. The van der Waals surface area contributed by atoms with E-state index in [1.165, 1.54) is 13.0 Å². The first-order valence-corrected chi connectivity index (χ1v) is 9.41. The van der Waals surface area contributed by atoms with E-state index in [4.69, 9.17) is 9.47 Å². The minimum atomic E-state index is -0.447. The number of benzene rings is 1.